The number of hydrogen-bond acceptors (Lipinski definition) is 2. The smallest absolute Gasteiger partial charge is 0.123 e. The van der Waals surface area contributed by atoms with Gasteiger partial charge in [-0.05, 0) is 69.1 Å². The van der Waals surface area contributed by atoms with Crippen LogP contribution in [-0.2, 0) is 0 Å². The predicted molar refractivity (Wildman–Crippen MR) is 86.9 cm³/mol. The SMILES string of the molecule is CCC1(C)CCN(CCC(NC)c2cccc(F)c2)CC1. The normalized spacial score (nSPS) is 20.4. The number of nitrogens with zero attached hydrogens (tertiary/aromatic N) is 1. The highest BCUT2D eigenvalue weighted by Crippen LogP contribution is 2.34. The predicted octanol–water partition coefficient (Wildman–Crippen LogP) is 3.99. The van der Waals surface area contributed by atoms with E-state index in [4.69, 9.17) is 0 Å². The molecule has 21 heavy (non-hydrogen) atoms. The van der Waals surface area contributed by atoms with Crippen LogP contribution in [0.25, 0.3) is 0 Å². The second kappa shape index (κ2) is 7.37. The first-order chi connectivity index (χ1) is 10.1. The van der Waals surface area contributed by atoms with E-state index in [2.05, 4.69) is 24.1 Å². The molecule has 1 aromatic rings. The first-order valence-corrected chi connectivity index (χ1v) is 8.21. The molecular weight excluding hydrogens is 263 g/mol. The van der Waals surface area contributed by atoms with E-state index < -0.39 is 0 Å². The highest BCUT2D eigenvalue weighted by Gasteiger charge is 2.28. The largest absolute Gasteiger partial charge is 0.313 e. The fourth-order valence-electron chi connectivity index (χ4n) is 3.18. The van der Waals surface area contributed by atoms with Crippen molar-refractivity contribution < 1.29 is 4.39 Å². The van der Waals surface area contributed by atoms with E-state index in [9.17, 15) is 4.39 Å². The minimum Gasteiger partial charge on any atom is -0.313 e. The lowest BCUT2D eigenvalue weighted by atomic mass is 9.78. The molecule has 1 fully saturated rings. The third-order valence-electron chi connectivity index (χ3n) is 5.25. The molecule has 0 aliphatic carbocycles. The van der Waals surface area contributed by atoms with Crippen LogP contribution in [0.15, 0.2) is 24.3 Å². The van der Waals surface area contributed by atoms with Gasteiger partial charge in [0.1, 0.15) is 5.82 Å². The van der Waals surface area contributed by atoms with Gasteiger partial charge in [0.15, 0.2) is 0 Å². The maximum absolute atomic E-state index is 13.3. The average Bonchev–Trinajstić information content (AvgIpc) is 2.50. The Morgan fingerprint density at radius 1 is 1.33 bits per heavy atom. The summed E-state index contributed by atoms with van der Waals surface area (Å²) in [6.07, 6.45) is 4.91. The Balaban J connectivity index is 1.84. The van der Waals surface area contributed by atoms with Crippen molar-refractivity contribution in [3.05, 3.63) is 35.6 Å². The molecule has 3 heteroatoms. The Labute approximate surface area is 128 Å². The van der Waals surface area contributed by atoms with Gasteiger partial charge < -0.3 is 10.2 Å². The van der Waals surface area contributed by atoms with Crippen LogP contribution < -0.4 is 5.32 Å². The summed E-state index contributed by atoms with van der Waals surface area (Å²) in [7, 11) is 1.96. The van der Waals surface area contributed by atoms with Gasteiger partial charge in [0.25, 0.3) is 0 Å². The van der Waals surface area contributed by atoms with Gasteiger partial charge in [-0.15, -0.1) is 0 Å². The van der Waals surface area contributed by atoms with E-state index >= 15 is 0 Å². The van der Waals surface area contributed by atoms with Crippen molar-refractivity contribution in [3.63, 3.8) is 0 Å². The van der Waals surface area contributed by atoms with Crippen molar-refractivity contribution >= 4 is 0 Å². The van der Waals surface area contributed by atoms with E-state index in [1.165, 1.54) is 38.4 Å². The molecule has 1 aliphatic rings. The lowest BCUT2D eigenvalue weighted by molar-refractivity contribution is 0.111. The van der Waals surface area contributed by atoms with Crippen molar-refractivity contribution in [2.75, 3.05) is 26.7 Å². The zero-order valence-electron chi connectivity index (χ0n) is 13.7. The lowest BCUT2D eigenvalue weighted by Crippen LogP contribution is -2.39. The summed E-state index contributed by atoms with van der Waals surface area (Å²) in [6.45, 7) is 8.19. The Hall–Kier alpha value is -0.930. The van der Waals surface area contributed by atoms with E-state index in [0.29, 0.717) is 5.41 Å². The number of rotatable bonds is 6. The molecule has 0 bridgehead atoms. The number of piperidine rings is 1. The minimum absolute atomic E-state index is 0.149. The highest BCUT2D eigenvalue weighted by atomic mass is 19.1. The molecule has 0 radical (unpaired) electrons. The van der Waals surface area contributed by atoms with Crippen molar-refractivity contribution in [2.45, 2.75) is 45.6 Å². The number of nitrogens with one attached hydrogen (secondary N) is 1. The van der Waals surface area contributed by atoms with Crippen LogP contribution in [-0.4, -0.2) is 31.6 Å². The molecule has 2 rings (SSSR count). The maximum atomic E-state index is 13.3. The minimum atomic E-state index is -0.149. The molecule has 1 heterocycles. The van der Waals surface area contributed by atoms with Gasteiger partial charge in [-0.25, -0.2) is 4.39 Å². The van der Waals surface area contributed by atoms with E-state index in [0.717, 1.165) is 18.5 Å². The summed E-state index contributed by atoms with van der Waals surface area (Å²) < 4.78 is 13.3. The van der Waals surface area contributed by atoms with E-state index in [-0.39, 0.29) is 11.9 Å². The monoisotopic (exact) mass is 292 g/mol. The molecule has 1 atom stereocenters. The zero-order valence-corrected chi connectivity index (χ0v) is 13.7. The number of likely N-dealkylation sites (tertiary alicyclic amines) is 1. The van der Waals surface area contributed by atoms with Gasteiger partial charge >= 0.3 is 0 Å². The molecule has 0 aromatic heterocycles. The molecule has 1 unspecified atom stereocenters. The number of hydrogen-bond donors (Lipinski definition) is 1. The van der Waals surface area contributed by atoms with Crippen molar-refractivity contribution in [1.82, 2.24) is 10.2 Å². The summed E-state index contributed by atoms with van der Waals surface area (Å²) in [5.41, 5.74) is 1.59. The second-order valence-electron chi connectivity index (χ2n) is 6.69. The zero-order chi connectivity index (χ0) is 15.3. The van der Waals surface area contributed by atoms with Crippen molar-refractivity contribution in [3.8, 4) is 0 Å². The summed E-state index contributed by atoms with van der Waals surface area (Å²) in [5.74, 6) is -0.149. The molecule has 0 amide bonds. The van der Waals surface area contributed by atoms with Gasteiger partial charge in [-0.2, -0.15) is 0 Å². The van der Waals surface area contributed by atoms with Crippen LogP contribution in [0.5, 0.6) is 0 Å². The highest BCUT2D eigenvalue weighted by molar-refractivity contribution is 5.20. The van der Waals surface area contributed by atoms with Crippen LogP contribution in [0, 0.1) is 11.2 Å². The Morgan fingerprint density at radius 3 is 2.62 bits per heavy atom. The van der Waals surface area contributed by atoms with Crippen LogP contribution >= 0.6 is 0 Å². The fourth-order valence-corrected chi connectivity index (χ4v) is 3.18. The summed E-state index contributed by atoms with van der Waals surface area (Å²) >= 11 is 0. The number of halogens is 1. The molecule has 1 aromatic carbocycles. The lowest BCUT2D eigenvalue weighted by Gasteiger charge is -2.39. The summed E-state index contributed by atoms with van der Waals surface area (Å²) in [5, 5.41) is 3.32. The molecule has 0 saturated carbocycles. The van der Waals surface area contributed by atoms with Crippen LogP contribution in [0.3, 0.4) is 0 Å². The average molecular weight is 292 g/mol. The Kier molecular flexibility index (Phi) is 5.77. The topological polar surface area (TPSA) is 15.3 Å². The van der Waals surface area contributed by atoms with Gasteiger partial charge in [-0.1, -0.05) is 32.4 Å². The first-order valence-electron chi connectivity index (χ1n) is 8.21. The molecule has 1 saturated heterocycles. The molecule has 1 aliphatic heterocycles. The molecule has 118 valence electrons. The van der Waals surface area contributed by atoms with E-state index in [1.54, 1.807) is 12.1 Å². The second-order valence-corrected chi connectivity index (χ2v) is 6.69. The summed E-state index contributed by atoms with van der Waals surface area (Å²) in [6, 6.07) is 7.19. The van der Waals surface area contributed by atoms with Gasteiger partial charge in [-0.3, -0.25) is 0 Å². The Morgan fingerprint density at radius 2 is 2.05 bits per heavy atom. The Bertz CT molecular complexity index is 439. The molecule has 1 N–H and O–H groups in total. The van der Waals surface area contributed by atoms with Gasteiger partial charge in [0.2, 0.25) is 0 Å². The van der Waals surface area contributed by atoms with Crippen LogP contribution in [0.4, 0.5) is 4.39 Å². The van der Waals surface area contributed by atoms with Crippen molar-refractivity contribution in [1.29, 1.82) is 0 Å². The standard InChI is InChI=1S/C18H29FN2/c1-4-18(2)9-12-21(13-10-18)11-8-17(20-3)15-6-5-7-16(19)14-15/h5-7,14,17,20H,4,8-13H2,1-3H3. The number of benzene rings is 1. The summed E-state index contributed by atoms with van der Waals surface area (Å²) in [4.78, 5) is 2.56. The van der Waals surface area contributed by atoms with Crippen LogP contribution in [0.1, 0.15) is 51.1 Å². The van der Waals surface area contributed by atoms with Gasteiger partial charge in [0.05, 0.1) is 0 Å². The van der Waals surface area contributed by atoms with Gasteiger partial charge in [0, 0.05) is 6.04 Å². The third-order valence-corrected chi connectivity index (χ3v) is 5.25. The third kappa shape index (κ3) is 4.52. The molecule has 2 nitrogen and oxygen atoms in total. The molecular formula is C18H29FN2. The van der Waals surface area contributed by atoms with E-state index in [1.807, 2.05) is 13.1 Å². The first kappa shape index (κ1) is 16.4. The fraction of sp³-hybridized carbons (Fsp3) is 0.667. The van der Waals surface area contributed by atoms with Crippen molar-refractivity contribution in [2.24, 2.45) is 5.41 Å². The van der Waals surface area contributed by atoms with Crippen LogP contribution in [0.2, 0.25) is 0 Å². The quantitative estimate of drug-likeness (QED) is 0.853. The molecule has 0 spiro atoms. The maximum Gasteiger partial charge on any atom is 0.123 e.